The van der Waals surface area contributed by atoms with Crippen molar-refractivity contribution in [2.45, 2.75) is 64.6 Å². The Labute approximate surface area is 284 Å². The molecule has 0 radical (unpaired) electrons. The molecule has 1 saturated heterocycles. The van der Waals surface area contributed by atoms with E-state index in [1.165, 1.54) is 12.8 Å². The van der Waals surface area contributed by atoms with Crippen LogP contribution in [0, 0.1) is 5.92 Å². The van der Waals surface area contributed by atoms with E-state index in [9.17, 15) is 9.59 Å². The van der Waals surface area contributed by atoms with E-state index in [1.54, 1.807) is 7.11 Å². The molecule has 2 heterocycles. The van der Waals surface area contributed by atoms with Crippen LogP contribution in [0.3, 0.4) is 0 Å². The van der Waals surface area contributed by atoms with Gasteiger partial charge in [0.2, 0.25) is 11.8 Å². The lowest BCUT2D eigenvalue weighted by atomic mass is 9.84. The van der Waals surface area contributed by atoms with Crippen LogP contribution >= 0.6 is 11.6 Å². The number of rotatable bonds is 9. The number of likely N-dealkylation sites (N-methyl/N-ethyl adjacent to an activating group) is 1. The Balaban J connectivity index is 1.15. The first-order valence-corrected chi connectivity index (χ1v) is 17.2. The maximum Gasteiger partial charge on any atom is 0.236 e. The minimum absolute atomic E-state index is 0.0384. The van der Waals surface area contributed by atoms with E-state index in [2.05, 4.69) is 41.1 Å². The summed E-state index contributed by atoms with van der Waals surface area (Å²) >= 11 is 6.21. The Morgan fingerprint density at radius 2 is 1.64 bits per heavy atom. The van der Waals surface area contributed by atoms with Crippen molar-refractivity contribution < 1.29 is 19.1 Å². The van der Waals surface area contributed by atoms with Crippen LogP contribution < -0.4 is 19.3 Å². The molecule has 0 unspecified atom stereocenters. The molecule has 0 N–H and O–H groups in total. The maximum atomic E-state index is 13.7. The predicted molar refractivity (Wildman–Crippen MR) is 189 cm³/mol. The summed E-state index contributed by atoms with van der Waals surface area (Å²) in [6.07, 6.45) is 4.90. The van der Waals surface area contributed by atoms with Gasteiger partial charge in [0, 0.05) is 61.7 Å². The second-order valence-corrected chi connectivity index (χ2v) is 14.0. The molecule has 1 saturated carbocycles. The van der Waals surface area contributed by atoms with E-state index >= 15 is 0 Å². The molecule has 0 atom stereocenters. The molecule has 1 aliphatic carbocycles. The predicted octanol–water partition coefficient (Wildman–Crippen LogP) is 6.66. The van der Waals surface area contributed by atoms with E-state index in [0.29, 0.717) is 41.6 Å². The number of methoxy groups -OCH3 is 1. The van der Waals surface area contributed by atoms with Crippen molar-refractivity contribution in [3.05, 3.63) is 70.7 Å². The van der Waals surface area contributed by atoms with Crippen LogP contribution in [0.5, 0.6) is 11.5 Å². The molecule has 250 valence electrons. The Morgan fingerprint density at radius 1 is 0.936 bits per heavy atom. The van der Waals surface area contributed by atoms with Crippen LogP contribution in [0.15, 0.2) is 54.6 Å². The quantitative estimate of drug-likeness (QED) is 0.256. The number of halogens is 1. The van der Waals surface area contributed by atoms with E-state index in [0.717, 1.165) is 66.1 Å². The van der Waals surface area contributed by atoms with Gasteiger partial charge in [-0.1, -0.05) is 23.7 Å². The fraction of sp³-hybridized carbons (Fsp3) is 0.474. The molecule has 2 fully saturated rings. The van der Waals surface area contributed by atoms with Crippen molar-refractivity contribution in [1.29, 1.82) is 0 Å². The molecule has 2 aliphatic heterocycles. The van der Waals surface area contributed by atoms with E-state index in [1.807, 2.05) is 61.0 Å². The van der Waals surface area contributed by atoms with Gasteiger partial charge in [0.15, 0.2) is 11.5 Å². The maximum absolute atomic E-state index is 13.7. The molecule has 0 bridgehead atoms. The minimum atomic E-state index is -0.0384. The van der Waals surface area contributed by atoms with Crippen LogP contribution in [0.4, 0.5) is 11.4 Å². The van der Waals surface area contributed by atoms with E-state index in [4.69, 9.17) is 21.1 Å². The van der Waals surface area contributed by atoms with Crippen molar-refractivity contribution in [3.63, 3.8) is 0 Å². The highest BCUT2D eigenvalue weighted by atomic mass is 35.5. The lowest BCUT2D eigenvalue weighted by molar-refractivity contribution is -0.135. The van der Waals surface area contributed by atoms with Crippen LogP contribution in [-0.2, 0) is 22.6 Å². The molecule has 3 aromatic carbocycles. The third kappa shape index (κ3) is 7.24. The fourth-order valence-electron chi connectivity index (χ4n) is 7.44. The number of anilines is 2. The lowest BCUT2D eigenvalue weighted by Gasteiger charge is -2.41. The van der Waals surface area contributed by atoms with Gasteiger partial charge < -0.3 is 24.2 Å². The number of benzene rings is 3. The van der Waals surface area contributed by atoms with Crippen molar-refractivity contribution >= 4 is 34.8 Å². The molecule has 0 spiro atoms. The zero-order chi connectivity index (χ0) is 33.2. The van der Waals surface area contributed by atoms with Gasteiger partial charge in [-0.05, 0) is 105 Å². The summed E-state index contributed by atoms with van der Waals surface area (Å²) in [5.41, 5.74) is 5.86. The van der Waals surface area contributed by atoms with Crippen molar-refractivity contribution in [2.24, 2.45) is 5.92 Å². The zero-order valence-corrected chi connectivity index (χ0v) is 29.1. The van der Waals surface area contributed by atoms with Gasteiger partial charge in [0.05, 0.1) is 32.7 Å². The zero-order valence-electron chi connectivity index (χ0n) is 28.3. The average Bonchev–Trinajstić information content (AvgIpc) is 3.06. The molecule has 3 aromatic rings. The summed E-state index contributed by atoms with van der Waals surface area (Å²) in [7, 11) is 5.70. The Bertz CT molecular complexity index is 1580. The number of carbonyl (C=O) groups is 2. The summed E-state index contributed by atoms with van der Waals surface area (Å²) in [5, 5.41) is 0.653. The number of hydrogen-bond donors (Lipinski definition) is 0. The van der Waals surface area contributed by atoms with Crippen LogP contribution in [0.1, 0.15) is 50.7 Å². The Kier molecular flexibility index (Phi) is 9.99. The Hall–Kier alpha value is -3.75. The number of carbonyl (C=O) groups excluding carboxylic acids is 2. The van der Waals surface area contributed by atoms with Crippen LogP contribution in [-0.4, -0.2) is 81.1 Å². The number of ether oxygens (including phenoxy) is 2. The second kappa shape index (κ2) is 14.2. The molecule has 47 heavy (non-hydrogen) atoms. The van der Waals surface area contributed by atoms with Gasteiger partial charge in [-0.2, -0.15) is 0 Å². The summed E-state index contributed by atoms with van der Waals surface area (Å²) in [6.45, 7) is 7.82. The smallest absolute Gasteiger partial charge is 0.236 e. The number of amides is 2. The summed E-state index contributed by atoms with van der Waals surface area (Å²) < 4.78 is 12.1. The Morgan fingerprint density at radius 3 is 2.28 bits per heavy atom. The first-order chi connectivity index (χ1) is 22.6. The summed E-state index contributed by atoms with van der Waals surface area (Å²) in [4.78, 5) is 34.4. The highest BCUT2D eigenvalue weighted by molar-refractivity contribution is 6.30. The first kappa shape index (κ1) is 33.2. The summed E-state index contributed by atoms with van der Waals surface area (Å²) in [6, 6.07) is 18.6. The normalized spacial score (nSPS) is 20.4. The van der Waals surface area contributed by atoms with Gasteiger partial charge in [-0.3, -0.25) is 14.5 Å². The van der Waals surface area contributed by atoms with Gasteiger partial charge >= 0.3 is 0 Å². The third-order valence-corrected chi connectivity index (χ3v) is 10.3. The molecular formula is C38H47ClN4O4. The number of nitrogens with zero attached hydrogens (tertiary/aromatic N) is 4. The third-order valence-electron chi connectivity index (χ3n) is 10.1. The van der Waals surface area contributed by atoms with Gasteiger partial charge in [-0.15, -0.1) is 0 Å². The first-order valence-electron chi connectivity index (χ1n) is 16.9. The highest BCUT2D eigenvalue weighted by Crippen LogP contribution is 2.45. The van der Waals surface area contributed by atoms with E-state index < -0.39 is 0 Å². The number of hydrogen-bond acceptors (Lipinski definition) is 6. The van der Waals surface area contributed by atoms with Crippen molar-refractivity contribution in [3.8, 4) is 22.6 Å². The number of piperazine rings is 1. The monoisotopic (exact) mass is 658 g/mol. The highest BCUT2D eigenvalue weighted by Gasteiger charge is 2.32. The second-order valence-electron chi connectivity index (χ2n) is 13.6. The van der Waals surface area contributed by atoms with Crippen LogP contribution in [0.25, 0.3) is 11.1 Å². The average molecular weight is 659 g/mol. The lowest BCUT2D eigenvalue weighted by Crippen LogP contribution is -2.53. The topological polar surface area (TPSA) is 65.6 Å². The molecular weight excluding hydrogens is 612 g/mol. The van der Waals surface area contributed by atoms with Gasteiger partial charge in [-0.25, -0.2) is 0 Å². The van der Waals surface area contributed by atoms with Crippen molar-refractivity contribution in [1.82, 2.24) is 9.80 Å². The van der Waals surface area contributed by atoms with Crippen molar-refractivity contribution in [2.75, 3.05) is 57.2 Å². The molecule has 8 nitrogen and oxygen atoms in total. The van der Waals surface area contributed by atoms with E-state index in [-0.39, 0.29) is 24.3 Å². The molecule has 6 rings (SSSR count). The molecule has 0 aromatic heterocycles. The van der Waals surface area contributed by atoms with Crippen LogP contribution in [0.2, 0.25) is 5.02 Å². The number of fused-ring (bicyclic) bond motifs is 1. The fourth-order valence-corrected chi connectivity index (χ4v) is 7.57. The minimum Gasteiger partial charge on any atom is -0.492 e. The van der Waals surface area contributed by atoms with Gasteiger partial charge in [0.25, 0.3) is 0 Å². The molecule has 2 amide bonds. The standard InChI is InChI=1S/C38H47ClN4O4/c1-25(2)47-34-20-28-23-43(35(44)21-33(28)37(38(34)46-5)27-8-10-29(39)11-9-27)32-16-14-30(15-17-32)41(4)22-26-6-12-31(13-7-26)42-19-18-40(3)36(45)24-42/h8-11,14-17,20,25-26,31H,6-7,12-13,18-19,21-24H2,1-5H3/t26-,31-. The molecule has 3 aliphatic rings. The largest absolute Gasteiger partial charge is 0.492 e. The molecule has 9 heteroatoms. The SMILES string of the molecule is COc1c(OC(C)C)cc2c(c1-c1ccc(Cl)cc1)CC(=O)N(c1ccc(N(C)C[C@H]3CC[C@H](N4CCN(C)C(=O)C4)CC3)cc1)C2. The van der Waals surface area contributed by atoms with Gasteiger partial charge in [0.1, 0.15) is 0 Å². The summed E-state index contributed by atoms with van der Waals surface area (Å²) in [5.74, 6) is 2.23.